The van der Waals surface area contributed by atoms with Gasteiger partial charge in [0, 0.05) is 5.69 Å². The Morgan fingerprint density at radius 2 is 2.00 bits per heavy atom. The first kappa shape index (κ1) is 18.0. The Hall–Kier alpha value is -2.34. The summed E-state index contributed by atoms with van der Waals surface area (Å²) < 4.78 is 6.31. The molecule has 126 valence electrons. The molecule has 5 nitrogen and oxygen atoms in total. The SMILES string of the molecule is CCCc1ccc(OCC(=O)Nc2cccc(C(=O)O)c2)c(Br)c1. The van der Waals surface area contributed by atoms with Gasteiger partial charge in [0.25, 0.3) is 5.91 Å². The summed E-state index contributed by atoms with van der Waals surface area (Å²) in [5.74, 6) is -0.815. The molecule has 0 fully saturated rings. The maximum Gasteiger partial charge on any atom is 0.335 e. The van der Waals surface area contributed by atoms with Crippen molar-refractivity contribution in [3.63, 3.8) is 0 Å². The fourth-order valence-electron chi connectivity index (χ4n) is 2.18. The highest BCUT2D eigenvalue weighted by molar-refractivity contribution is 9.10. The summed E-state index contributed by atoms with van der Waals surface area (Å²) in [5, 5.41) is 11.6. The Labute approximate surface area is 148 Å². The van der Waals surface area contributed by atoms with Crippen LogP contribution >= 0.6 is 15.9 Å². The molecule has 2 aromatic rings. The molecule has 2 N–H and O–H groups in total. The lowest BCUT2D eigenvalue weighted by molar-refractivity contribution is -0.118. The number of carbonyl (C=O) groups excluding carboxylic acids is 1. The lowest BCUT2D eigenvalue weighted by atomic mass is 10.1. The Morgan fingerprint density at radius 3 is 2.67 bits per heavy atom. The highest BCUT2D eigenvalue weighted by Gasteiger charge is 2.09. The van der Waals surface area contributed by atoms with E-state index in [1.54, 1.807) is 12.1 Å². The van der Waals surface area contributed by atoms with E-state index in [1.807, 2.05) is 18.2 Å². The number of nitrogens with one attached hydrogen (secondary N) is 1. The van der Waals surface area contributed by atoms with E-state index in [4.69, 9.17) is 9.84 Å². The second kappa shape index (κ2) is 8.49. The molecule has 0 saturated heterocycles. The molecule has 1 amide bonds. The summed E-state index contributed by atoms with van der Waals surface area (Å²) in [6.45, 7) is 1.95. The second-order valence-electron chi connectivity index (χ2n) is 5.24. The van der Waals surface area contributed by atoms with Crippen molar-refractivity contribution in [2.45, 2.75) is 19.8 Å². The van der Waals surface area contributed by atoms with E-state index in [9.17, 15) is 9.59 Å². The molecule has 2 rings (SSSR count). The number of carboxylic acid groups (broad SMARTS) is 1. The van der Waals surface area contributed by atoms with E-state index in [0.717, 1.165) is 17.3 Å². The average Bonchev–Trinajstić information content (AvgIpc) is 2.54. The lowest BCUT2D eigenvalue weighted by Crippen LogP contribution is -2.20. The van der Waals surface area contributed by atoms with Gasteiger partial charge in [-0.15, -0.1) is 0 Å². The highest BCUT2D eigenvalue weighted by Crippen LogP contribution is 2.26. The van der Waals surface area contributed by atoms with Crippen LogP contribution in [0.1, 0.15) is 29.3 Å². The van der Waals surface area contributed by atoms with Gasteiger partial charge in [-0.1, -0.05) is 25.5 Å². The van der Waals surface area contributed by atoms with Crippen LogP contribution in [0.5, 0.6) is 5.75 Å². The minimum absolute atomic E-state index is 0.114. The van der Waals surface area contributed by atoms with Gasteiger partial charge in [-0.2, -0.15) is 0 Å². The van der Waals surface area contributed by atoms with Gasteiger partial charge in [-0.05, 0) is 58.2 Å². The Balaban J connectivity index is 1.94. The zero-order valence-corrected chi connectivity index (χ0v) is 14.8. The van der Waals surface area contributed by atoms with Gasteiger partial charge in [0.15, 0.2) is 6.61 Å². The van der Waals surface area contributed by atoms with Crippen LogP contribution < -0.4 is 10.1 Å². The molecule has 0 heterocycles. The molecular weight excluding hydrogens is 374 g/mol. The molecule has 2 aromatic carbocycles. The number of hydrogen-bond donors (Lipinski definition) is 2. The molecule has 0 saturated carbocycles. The van der Waals surface area contributed by atoms with Crippen molar-refractivity contribution >= 4 is 33.5 Å². The van der Waals surface area contributed by atoms with Gasteiger partial charge in [-0.3, -0.25) is 4.79 Å². The summed E-state index contributed by atoms with van der Waals surface area (Å²) in [6.07, 6.45) is 2.05. The number of hydrogen-bond acceptors (Lipinski definition) is 3. The first-order valence-electron chi connectivity index (χ1n) is 7.54. The molecule has 0 unspecified atom stereocenters. The average molecular weight is 392 g/mol. The fraction of sp³-hybridized carbons (Fsp3) is 0.222. The van der Waals surface area contributed by atoms with E-state index in [1.165, 1.54) is 17.7 Å². The van der Waals surface area contributed by atoms with E-state index in [-0.39, 0.29) is 18.1 Å². The number of carboxylic acids is 1. The number of aryl methyl sites for hydroxylation is 1. The van der Waals surface area contributed by atoms with Gasteiger partial charge >= 0.3 is 5.97 Å². The van der Waals surface area contributed by atoms with Gasteiger partial charge in [0.05, 0.1) is 10.0 Å². The summed E-state index contributed by atoms with van der Waals surface area (Å²) in [5.41, 5.74) is 1.73. The van der Waals surface area contributed by atoms with Crippen LogP contribution in [0.25, 0.3) is 0 Å². The quantitative estimate of drug-likeness (QED) is 0.744. The van der Waals surface area contributed by atoms with E-state index >= 15 is 0 Å². The number of halogens is 1. The smallest absolute Gasteiger partial charge is 0.335 e. The molecular formula is C18H18BrNO4. The Kier molecular flexibility index (Phi) is 6.37. The summed E-state index contributed by atoms with van der Waals surface area (Å²) in [6, 6.07) is 11.8. The number of aromatic carboxylic acids is 1. The molecule has 0 aromatic heterocycles. The molecule has 0 atom stereocenters. The van der Waals surface area contributed by atoms with Crippen LogP contribution in [0, 0.1) is 0 Å². The van der Waals surface area contributed by atoms with Crippen molar-refractivity contribution in [1.82, 2.24) is 0 Å². The third kappa shape index (κ3) is 5.09. The topological polar surface area (TPSA) is 75.6 Å². The van der Waals surface area contributed by atoms with E-state index in [0.29, 0.717) is 11.4 Å². The maximum absolute atomic E-state index is 11.9. The number of benzene rings is 2. The minimum Gasteiger partial charge on any atom is -0.483 e. The first-order chi connectivity index (χ1) is 11.5. The van der Waals surface area contributed by atoms with Crippen molar-refractivity contribution in [2.24, 2.45) is 0 Å². The van der Waals surface area contributed by atoms with Crippen LogP contribution in [0.15, 0.2) is 46.9 Å². The van der Waals surface area contributed by atoms with Gasteiger partial charge < -0.3 is 15.2 Å². The molecule has 0 bridgehead atoms. The molecule has 24 heavy (non-hydrogen) atoms. The largest absolute Gasteiger partial charge is 0.483 e. The standard InChI is InChI=1S/C18H18BrNO4/c1-2-4-12-7-8-16(15(19)9-12)24-11-17(21)20-14-6-3-5-13(10-14)18(22)23/h3,5-10H,2,4,11H2,1H3,(H,20,21)(H,22,23). The third-order valence-corrected chi connectivity index (χ3v) is 3.91. The van der Waals surface area contributed by atoms with Crippen molar-refractivity contribution in [1.29, 1.82) is 0 Å². The van der Waals surface area contributed by atoms with Crippen molar-refractivity contribution in [3.05, 3.63) is 58.1 Å². The van der Waals surface area contributed by atoms with E-state index in [2.05, 4.69) is 28.2 Å². The van der Waals surface area contributed by atoms with Crippen molar-refractivity contribution < 1.29 is 19.4 Å². The number of carbonyl (C=O) groups is 2. The van der Waals surface area contributed by atoms with Crippen LogP contribution in [0.4, 0.5) is 5.69 Å². The zero-order valence-electron chi connectivity index (χ0n) is 13.2. The first-order valence-corrected chi connectivity index (χ1v) is 8.33. The molecule has 0 radical (unpaired) electrons. The number of ether oxygens (including phenoxy) is 1. The van der Waals surface area contributed by atoms with Crippen molar-refractivity contribution in [2.75, 3.05) is 11.9 Å². The van der Waals surface area contributed by atoms with Crippen LogP contribution in [0.2, 0.25) is 0 Å². The molecule has 6 heteroatoms. The number of anilines is 1. The van der Waals surface area contributed by atoms with Gasteiger partial charge in [0.2, 0.25) is 0 Å². The predicted molar refractivity (Wildman–Crippen MR) is 95.7 cm³/mol. The lowest BCUT2D eigenvalue weighted by Gasteiger charge is -2.10. The minimum atomic E-state index is -1.04. The molecule has 0 aliphatic rings. The van der Waals surface area contributed by atoms with Gasteiger partial charge in [0.1, 0.15) is 5.75 Å². The summed E-state index contributed by atoms with van der Waals surface area (Å²) in [7, 11) is 0. The zero-order chi connectivity index (χ0) is 17.5. The Bertz CT molecular complexity index is 746. The summed E-state index contributed by atoms with van der Waals surface area (Å²) >= 11 is 3.44. The predicted octanol–water partition coefficient (Wildman–Crippen LogP) is 4.12. The molecule has 0 spiro atoms. The van der Waals surface area contributed by atoms with E-state index < -0.39 is 5.97 Å². The Morgan fingerprint density at radius 1 is 1.21 bits per heavy atom. The fourth-order valence-corrected chi connectivity index (χ4v) is 2.72. The summed E-state index contributed by atoms with van der Waals surface area (Å²) in [4.78, 5) is 22.9. The van der Waals surface area contributed by atoms with Crippen LogP contribution in [-0.2, 0) is 11.2 Å². The number of rotatable bonds is 7. The molecule has 0 aliphatic carbocycles. The normalized spacial score (nSPS) is 10.2. The van der Waals surface area contributed by atoms with Gasteiger partial charge in [-0.25, -0.2) is 4.79 Å². The molecule has 0 aliphatic heterocycles. The van der Waals surface area contributed by atoms with Crippen LogP contribution in [0.3, 0.4) is 0 Å². The third-order valence-electron chi connectivity index (χ3n) is 3.29. The second-order valence-corrected chi connectivity index (χ2v) is 6.09. The van der Waals surface area contributed by atoms with Crippen molar-refractivity contribution in [3.8, 4) is 5.75 Å². The maximum atomic E-state index is 11.9. The number of amides is 1. The highest BCUT2D eigenvalue weighted by atomic mass is 79.9. The monoisotopic (exact) mass is 391 g/mol. The van der Waals surface area contributed by atoms with Crippen LogP contribution in [-0.4, -0.2) is 23.6 Å².